The summed E-state index contributed by atoms with van der Waals surface area (Å²) in [7, 11) is 1.50. The highest BCUT2D eigenvalue weighted by molar-refractivity contribution is 6.11. The van der Waals surface area contributed by atoms with Crippen LogP contribution in [0, 0.1) is 13.8 Å². The molecule has 4 heterocycles. The minimum absolute atomic E-state index is 0.0167. The largest absolute Gasteiger partial charge is 0.443 e. The Hall–Kier alpha value is -4.20. The molecule has 0 bridgehead atoms. The second kappa shape index (κ2) is 11.4. The van der Waals surface area contributed by atoms with Crippen LogP contribution in [0.1, 0.15) is 63.2 Å². The Morgan fingerprint density at radius 2 is 1.82 bits per heavy atom. The van der Waals surface area contributed by atoms with Gasteiger partial charge in [-0.25, -0.2) is 24.2 Å². The van der Waals surface area contributed by atoms with Crippen LogP contribution in [-0.4, -0.2) is 69.5 Å². The number of hydrogen-bond acceptors (Lipinski definition) is 7. The molecule has 236 valence electrons. The number of amides is 4. The van der Waals surface area contributed by atoms with Gasteiger partial charge in [-0.3, -0.25) is 9.69 Å². The highest BCUT2D eigenvalue weighted by atomic mass is 19.4. The summed E-state index contributed by atoms with van der Waals surface area (Å²) in [5.74, 6) is -1.05. The van der Waals surface area contributed by atoms with E-state index in [2.05, 4.69) is 10.1 Å². The topological polar surface area (TPSA) is 110 Å². The van der Waals surface area contributed by atoms with Gasteiger partial charge in [-0.15, -0.1) is 0 Å². The minimum Gasteiger partial charge on any atom is -0.443 e. The fourth-order valence-corrected chi connectivity index (χ4v) is 5.43. The molecule has 11 nitrogen and oxygen atoms in total. The molecule has 0 saturated carbocycles. The van der Waals surface area contributed by atoms with Crippen LogP contribution in [0.5, 0.6) is 0 Å². The number of ether oxygens (including phenoxy) is 2. The summed E-state index contributed by atoms with van der Waals surface area (Å²) >= 11 is 0. The SMILES string of the molecule is Cc1cc(C(F)(F)F)cc(N2C(=O)N(C(=O)OC(C)(C)C)C[C@H]2C(=O)N(C)c2ccc3c(C)nn([C@@H]4CCCCO4)c3c2)n1. The molecule has 0 unspecified atom stereocenters. The molecule has 2 fully saturated rings. The number of nitrogens with zero attached hydrogens (tertiary/aromatic N) is 6. The maximum atomic E-state index is 14.1. The standard InChI is InChI=1S/C30H35F3N6O5/c1-17-13-19(30(31,32)33)14-24(34-17)38-23(16-37(27(38)41)28(42)44-29(3,4)5)26(40)36(6)20-10-11-21-18(2)35-39(22(21)15-20)25-9-7-8-12-43-25/h10-11,13-15,23,25H,7-9,12,16H2,1-6H3/t23-,25-/m0/s1. The molecular formula is C30H35F3N6O5. The molecule has 0 spiro atoms. The van der Waals surface area contributed by atoms with Gasteiger partial charge in [0.15, 0.2) is 6.23 Å². The second-order valence-electron chi connectivity index (χ2n) is 12.1. The molecule has 2 aliphatic heterocycles. The average Bonchev–Trinajstić information content (AvgIpc) is 3.47. The number of aromatic nitrogens is 3. The number of pyridine rings is 1. The van der Waals surface area contributed by atoms with E-state index in [0.717, 1.165) is 46.8 Å². The number of imide groups is 1. The van der Waals surface area contributed by atoms with E-state index in [4.69, 9.17) is 9.47 Å². The maximum Gasteiger partial charge on any atom is 0.418 e. The molecule has 0 N–H and O–H groups in total. The third-order valence-electron chi connectivity index (χ3n) is 7.54. The van der Waals surface area contributed by atoms with E-state index < -0.39 is 53.8 Å². The first-order valence-electron chi connectivity index (χ1n) is 14.3. The Labute approximate surface area is 252 Å². The number of alkyl halides is 3. The van der Waals surface area contributed by atoms with E-state index in [1.807, 2.05) is 13.0 Å². The van der Waals surface area contributed by atoms with Crippen LogP contribution in [0.2, 0.25) is 0 Å². The number of carbonyl (C=O) groups excluding carboxylic acids is 3. The molecule has 3 aromatic rings. The Morgan fingerprint density at radius 3 is 2.45 bits per heavy atom. The molecule has 4 amide bonds. The lowest BCUT2D eigenvalue weighted by Gasteiger charge is -2.27. The molecule has 44 heavy (non-hydrogen) atoms. The third kappa shape index (κ3) is 6.07. The van der Waals surface area contributed by atoms with Crippen LogP contribution in [-0.2, 0) is 20.4 Å². The van der Waals surface area contributed by atoms with Gasteiger partial charge >= 0.3 is 18.3 Å². The summed E-state index contributed by atoms with van der Waals surface area (Å²) in [5, 5.41) is 5.55. The van der Waals surface area contributed by atoms with Gasteiger partial charge in [-0.05, 0) is 84.2 Å². The number of carbonyl (C=O) groups is 3. The van der Waals surface area contributed by atoms with Crippen molar-refractivity contribution < 1.29 is 37.0 Å². The van der Waals surface area contributed by atoms with Gasteiger partial charge in [-0.1, -0.05) is 0 Å². The van der Waals surface area contributed by atoms with Gasteiger partial charge in [-0.2, -0.15) is 18.3 Å². The first-order chi connectivity index (χ1) is 20.5. The van der Waals surface area contributed by atoms with Gasteiger partial charge in [0.1, 0.15) is 17.5 Å². The number of benzene rings is 1. The fraction of sp³-hybridized carbons (Fsp3) is 0.500. The number of rotatable bonds is 4. The van der Waals surface area contributed by atoms with Crippen LogP contribution >= 0.6 is 0 Å². The summed E-state index contributed by atoms with van der Waals surface area (Å²) in [4.78, 5) is 47.7. The van der Waals surface area contributed by atoms with Gasteiger partial charge in [0, 0.05) is 30.4 Å². The third-order valence-corrected chi connectivity index (χ3v) is 7.54. The fourth-order valence-electron chi connectivity index (χ4n) is 5.43. The van der Waals surface area contributed by atoms with E-state index in [1.165, 1.54) is 18.9 Å². The predicted molar refractivity (Wildman–Crippen MR) is 155 cm³/mol. The molecular weight excluding hydrogens is 581 g/mol. The first-order valence-corrected chi connectivity index (χ1v) is 14.3. The monoisotopic (exact) mass is 616 g/mol. The van der Waals surface area contributed by atoms with E-state index in [-0.39, 0.29) is 11.9 Å². The molecule has 2 aromatic heterocycles. The summed E-state index contributed by atoms with van der Waals surface area (Å²) in [6.07, 6.45) is -3.26. The van der Waals surface area contributed by atoms with Crippen molar-refractivity contribution in [3.05, 3.63) is 47.3 Å². The Morgan fingerprint density at radius 1 is 1.09 bits per heavy atom. The highest BCUT2D eigenvalue weighted by Gasteiger charge is 2.48. The summed E-state index contributed by atoms with van der Waals surface area (Å²) in [6, 6.07) is 4.47. The minimum atomic E-state index is -4.73. The van der Waals surface area contributed by atoms with Crippen molar-refractivity contribution in [1.29, 1.82) is 0 Å². The lowest BCUT2D eigenvalue weighted by molar-refractivity contribution is -0.137. The molecule has 0 radical (unpaired) electrons. The first kappa shape index (κ1) is 31.2. The lowest BCUT2D eigenvalue weighted by Crippen LogP contribution is -2.47. The van der Waals surface area contributed by atoms with Crippen molar-refractivity contribution in [2.24, 2.45) is 0 Å². The molecule has 14 heteroatoms. The zero-order valence-corrected chi connectivity index (χ0v) is 25.4. The normalized spacial score (nSPS) is 19.5. The lowest BCUT2D eigenvalue weighted by atomic mass is 10.1. The van der Waals surface area contributed by atoms with Gasteiger partial charge in [0.25, 0.3) is 5.91 Å². The Bertz CT molecular complexity index is 1610. The summed E-state index contributed by atoms with van der Waals surface area (Å²) in [5.41, 5.74) is -0.0301. The smallest absolute Gasteiger partial charge is 0.418 e. The average molecular weight is 617 g/mol. The number of fused-ring (bicyclic) bond motifs is 1. The van der Waals surface area contributed by atoms with Crippen LogP contribution in [0.15, 0.2) is 30.3 Å². The van der Waals surface area contributed by atoms with E-state index in [9.17, 15) is 27.6 Å². The molecule has 2 saturated heterocycles. The van der Waals surface area contributed by atoms with Gasteiger partial charge < -0.3 is 14.4 Å². The van der Waals surface area contributed by atoms with E-state index in [0.29, 0.717) is 23.3 Å². The van der Waals surface area contributed by atoms with Crippen LogP contribution in [0.3, 0.4) is 0 Å². The van der Waals surface area contributed by atoms with Crippen molar-refractivity contribution in [2.45, 2.75) is 77.9 Å². The Balaban J connectivity index is 1.53. The molecule has 5 rings (SSSR count). The van der Waals surface area contributed by atoms with Crippen LogP contribution in [0.25, 0.3) is 10.9 Å². The zero-order valence-electron chi connectivity index (χ0n) is 25.4. The number of aryl methyl sites for hydroxylation is 2. The van der Waals surface area contributed by atoms with Gasteiger partial charge in [0.05, 0.1) is 23.3 Å². The van der Waals surface area contributed by atoms with Crippen molar-refractivity contribution in [1.82, 2.24) is 19.7 Å². The van der Waals surface area contributed by atoms with Crippen LogP contribution in [0.4, 0.5) is 34.3 Å². The molecule has 1 aromatic carbocycles. The quantitative estimate of drug-likeness (QED) is 0.355. The number of anilines is 2. The van der Waals surface area contributed by atoms with E-state index in [1.54, 1.807) is 37.6 Å². The Kier molecular flexibility index (Phi) is 8.08. The second-order valence-corrected chi connectivity index (χ2v) is 12.1. The number of urea groups is 1. The number of halogens is 3. The number of likely N-dealkylation sites (N-methyl/N-ethyl adjacent to an activating group) is 1. The highest BCUT2D eigenvalue weighted by Crippen LogP contribution is 2.35. The molecule has 0 aliphatic carbocycles. The predicted octanol–water partition coefficient (Wildman–Crippen LogP) is 5.97. The van der Waals surface area contributed by atoms with Gasteiger partial charge in [0.2, 0.25) is 0 Å². The summed E-state index contributed by atoms with van der Waals surface area (Å²) in [6.45, 7) is 8.22. The molecule has 2 aliphatic rings. The molecule has 2 atom stereocenters. The van der Waals surface area contributed by atoms with E-state index >= 15 is 0 Å². The summed E-state index contributed by atoms with van der Waals surface area (Å²) < 4.78 is 54.3. The van der Waals surface area contributed by atoms with Crippen molar-refractivity contribution >= 4 is 40.4 Å². The van der Waals surface area contributed by atoms with Crippen molar-refractivity contribution in [3.8, 4) is 0 Å². The zero-order chi connectivity index (χ0) is 32.1. The van der Waals surface area contributed by atoms with Crippen LogP contribution < -0.4 is 9.80 Å². The van der Waals surface area contributed by atoms with Crippen molar-refractivity contribution in [3.63, 3.8) is 0 Å². The number of hydrogen-bond donors (Lipinski definition) is 0. The van der Waals surface area contributed by atoms with Crippen molar-refractivity contribution in [2.75, 3.05) is 30.0 Å². The maximum absolute atomic E-state index is 14.1.